The summed E-state index contributed by atoms with van der Waals surface area (Å²) >= 11 is 0. The summed E-state index contributed by atoms with van der Waals surface area (Å²) in [5, 5.41) is 8.59. The Bertz CT molecular complexity index is 424. The summed E-state index contributed by atoms with van der Waals surface area (Å²) in [5.41, 5.74) is 1.96. The van der Waals surface area contributed by atoms with Gasteiger partial charge >= 0.3 is 5.97 Å². The van der Waals surface area contributed by atoms with Crippen molar-refractivity contribution in [1.29, 1.82) is 0 Å². The van der Waals surface area contributed by atoms with Crippen molar-refractivity contribution in [1.82, 2.24) is 0 Å². The van der Waals surface area contributed by atoms with E-state index >= 15 is 0 Å². The summed E-state index contributed by atoms with van der Waals surface area (Å²) in [5.74, 6) is -0.932. The molecule has 0 atom stereocenters. The summed E-state index contributed by atoms with van der Waals surface area (Å²) in [7, 11) is 0. The fourth-order valence-electron chi connectivity index (χ4n) is 1.95. The molecule has 3 heteroatoms. The first-order valence-corrected chi connectivity index (χ1v) is 7.30. The van der Waals surface area contributed by atoms with Crippen LogP contribution in [0, 0.1) is 0 Å². The molecule has 0 amide bonds. The van der Waals surface area contributed by atoms with E-state index in [-0.39, 0.29) is 0 Å². The summed E-state index contributed by atoms with van der Waals surface area (Å²) in [4.78, 5) is 10.5. The topological polar surface area (TPSA) is 46.5 Å². The summed E-state index contributed by atoms with van der Waals surface area (Å²) in [6.45, 7) is 3.59. The third kappa shape index (κ3) is 7.74. The van der Waals surface area contributed by atoms with Gasteiger partial charge in [-0.15, -0.1) is 0 Å². The highest BCUT2D eigenvalue weighted by Gasteiger charge is 1.96. The van der Waals surface area contributed by atoms with Gasteiger partial charge in [0.1, 0.15) is 0 Å². The van der Waals surface area contributed by atoms with E-state index in [0.717, 1.165) is 30.2 Å². The van der Waals surface area contributed by atoms with E-state index in [1.807, 2.05) is 24.3 Å². The number of benzene rings is 1. The Hall–Kier alpha value is -1.61. The largest absolute Gasteiger partial charge is 0.478 e. The minimum absolute atomic E-state index is 0.586. The van der Waals surface area contributed by atoms with Crippen LogP contribution >= 0.6 is 0 Å². The Morgan fingerprint density at radius 2 is 2.05 bits per heavy atom. The van der Waals surface area contributed by atoms with Crippen LogP contribution in [0.4, 0.5) is 0 Å². The minimum Gasteiger partial charge on any atom is -0.478 e. The Morgan fingerprint density at radius 3 is 2.80 bits per heavy atom. The Balaban J connectivity index is 2.26. The van der Waals surface area contributed by atoms with E-state index in [0.29, 0.717) is 6.61 Å². The zero-order valence-corrected chi connectivity index (χ0v) is 12.2. The van der Waals surface area contributed by atoms with Crippen molar-refractivity contribution in [2.24, 2.45) is 0 Å². The number of carboxylic acid groups (broad SMARTS) is 1. The molecule has 0 saturated heterocycles. The average Bonchev–Trinajstić information content (AvgIpc) is 2.45. The van der Waals surface area contributed by atoms with Gasteiger partial charge in [0, 0.05) is 12.7 Å². The number of aliphatic carboxylic acids is 1. The van der Waals surface area contributed by atoms with Crippen molar-refractivity contribution in [3.8, 4) is 0 Å². The van der Waals surface area contributed by atoms with Crippen molar-refractivity contribution >= 4 is 12.0 Å². The summed E-state index contributed by atoms with van der Waals surface area (Å²) in [6.07, 6.45) is 8.93. The highest BCUT2D eigenvalue weighted by molar-refractivity contribution is 5.85. The van der Waals surface area contributed by atoms with E-state index in [2.05, 4.69) is 6.92 Å². The van der Waals surface area contributed by atoms with Crippen molar-refractivity contribution < 1.29 is 14.6 Å². The quantitative estimate of drug-likeness (QED) is 0.512. The third-order valence-electron chi connectivity index (χ3n) is 3.03. The molecule has 0 aliphatic carbocycles. The molecule has 0 unspecified atom stereocenters. The number of ether oxygens (including phenoxy) is 1. The molecule has 0 heterocycles. The van der Waals surface area contributed by atoms with Crippen molar-refractivity contribution in [2.45, 2.75) is 45.6 Å². The second-order valence-electron chi connectivity index (χ2n) is 4.88. The number of carbonyl (C=O) groups is 1. The molecule has 0 aliphatic heterocycles. The van der Waals surface area contributed by atoms with Gasteiger partial charge in [-0.3, -0.25) is 0 Å². The average molecular weight is 276 g/mol. The van der Waals surface area contributed by atoms with Crippen LogP contribution in [0.15, 0.2) is 30.3 Å². The monoisotopic (exact) mass is 276 g/mol. The number of hydrogen-bond acceptors (Lipinski definition) is 2. The number of rotatable bonds is 10. The second-order valence-corrected chi connectivity index (χ2v) is 4.88. The van der Waals surface area contributed by atoms with E-state index in [1.165, 1.54) is 25.7 Å². The number of unbranched alkanes of at least 4 members (excludes halogenated alkanes) is 4. The summed E-state index contributed by atoms with van der Waals surface area (Å²) in [6, 6.07) is 7.75. The lowest BCUT2D eigenvalue weighted by Crippen LogP contribution is -1.96. The van der Waals surface area contributed by atoms with Crippen LogP contribution < -0.4 is 0 Å². The SMILES string of the molecule is CCCCCCCOCc1cccc(C=CC(=O)O)c1. The van der Waals surface area contributed by atoms with Gasteiger partial charge in [0.2, 0.25) is 0 Å². The van der Waals surface area contributed by atoms with Crippen LogP contribution in [-0.2, 0) is 16.1 Å². The molecule has 3 nitrogen and oxygen atoms in total. The Morgan fingerprint density at radius 1 is 1.25 bits per heavy atom. The van der Waals surface area contributed by atoms with Crippen LogP contribution in [-0.4, -0.2) is 17.7 Å². The lowest BCUT2D eigenvalue weighted by molar-refractivity contribution is -0.131. The Labute approximate surface area is 121 Å². The van der Waals surface area contributed by atoms with E-state index in [9.17, 15) is 4.79 Å². The van der Waals surface area contributed by atoms with Gasteiger partial charge in [-0.05, 0) is 29.7 Å². The first kappa shape index (κ1) is 16.4. The lowest BCUT2D eigenvalue weighted by Gasteiger charge is -2.05. The first-order chi connectivity index (χ1) is 9.72. The normalized spacial score (nSPS) is 11.1. The van der Waals surface area contributed by atoms with Gasteiger partial charge in [-0.1, -0.05) is 50.8 Å². The molecule has 0 bridgehead atoms. The fourth-order valence-corrected chi connectivity index (χ4v) is 1.95. The molecule has 20 heavy (non-hydrogen) atoms. The molecule has 0 aromatic heterocycles. The van der Waals surface area contributed by atoms with Crippen molar-refractivity contribution in [3.63, 3.8) is 0 Å². The minimum atomic E-state index is -0.932. The standard InChI is InChI=1S/C17H24O3/c1-2-3-4-5-6-12-20-14-16-9-7-8-15(13-16)10-11-17(18)19/h7-11,13H,2-6,12,14H2,1H3,(H,18,19). The van der Waals surface area contributed by atoms with Crippen LogP contribution in [0.1, 0.15) is 50.2 Å². The highest BCUT2D eigenvalue weighted by Crippen LogP contribution is 2.09. The zero-order valence-electron chi connectivity index (χ0n) is 12.2. The highest BCUT2D eigenvalue weighted by atomic mass is 16.5. The van der Waals surface area contributed by atoms with Gasteiger partial charge in [0.25, 0.3) is 0 Å². The van der Waals surface area contributed by atoms with Crippen LogP contribution in [0.2, 0.25) is 0 Å². The molecule has 1 rings (SSSR count). The fraction of sp³-hybridized carbons (Fsp3) is 0.471. The number of carboxylic acids is 1. The third-order valence-corrected chi connectivity index (χ3v) is 3.03. The molecule has 0 fully saturated rings. The molecule has 1 aromatic rings. The second kappa shape index (κ2) is 10.2. The van der Waals surface area contributed by atoms with Gasteiger partial charge in [-0.2, -0.15) is 0 Å². The van der Waals surface area contributed by atoms with E-state index in [4.69, 9.17) is 9.84 Å². The summed E-state index contributed by atoms with van der Waals surface area (Å²) < 4.78 is 5.64. The molecule has 1 aromatic carbocycles. The van der Waals surface area contributed by atoms with Gasteiger partial charge < -0.3 is 9.84 Å². The maximum atomic E-state index is 10.5. The maximum Gasteiger partial charge on any atom is 0.328 e. The molecular formula is C17H24O3. The van der Waals surface area contributed by atoms with E-state index in [1.54, 1.807) is 6.08 Å². The van der Waals surface area contributed by atoms with Crippen LogP contribution in [0.3, 0.4) is 0 Å². The van der Waals surface area contributed by atoms with Gasteiger partial charge in [0.05, 0.1) is 6.61 Å². The molecule has 1 N–H and O–H groups in total. The smallest absolute Gasteiger partial charge is 0.328 e. The van der Waals surface area contributed by atoms with E-state index < -0.39 is 5.97 Å². The zero-order chi connectivity index (χ0) is 14.6. The molecule has 0 spiro atoms. The van der Waals surface area contributed by atoms with Crippen LogP contribution in [0.5, 0.6) is 0 Å². The maximum absolute atomic E-state index is 10.5. The molecular weight excluding hydrogens is 252 g/mol. The van der Waals surface area contributed by atoms with Crippen molar-refractivity contribution in [2.75, 3.05) is 6.61 Å². The molecule has 0 radical (unpaired) electrons. The molecule has 110 valence electrons. The predicted octanol–water partition coefficient (Wildman–Crippen LogP) is 4.27. The molecule has 0 saturated carbocycles. The van der Waals surface area contributed by atoms with Gasteiger partial charge in [-0.25, -0.2) is 4.79 Å². The predicted molar refractivity (Wildman–Crippen MR) is 81.5 cm³/mol. The lowest BCUT2D eigenvalue weighted by atomic mass is 10.1. The first-order valence-electron chi connectivity index (χ1n) is 7.30. The molecule has 0 aliphatic rings. The van der Waals surface area contributed by atoms with Crippen molar-refractivity contribution in [3.05, 3.63) is 41.5 Å². The van der Waals surface area contributed by atoms with Gasteiger partial charge in [0.15, 0.2) is 0 Å². The number of hydrogen-bond donors (Lipinski definition) is 1. The van der Waals surface area contributed by atoms with Crippen LogP contribution in [0.25, 0.3) is 6.08 Å². The Kier molecular flexibility index (Phi) is 8.40.